The van der Waals surface area contributed by atoms with Gasteiger partial charge in [-0.1, -0.05) is 6.07 Å². The van der Waals surface area contributed by atoms with Crippen molar-refractivity contribution < 1.29 is 9.84 Å². The van der Waals surface area contributed by atoms with Crippen LogP contribution < -0.4 is 4.74 Å². The van der Waals surface area contributed by atoms with E-state index in [0.29, 0.717) is 6.61 Å². The summed E-state index contributed by atoms with van der Waals surface area (Å²) in [4.78, 5) is 0. The zero-order valence-electron chi connectivity index (χ0n) is 6.17. The summed E-state index contributed by atoms with van der Waals surface area (Å²) < 4.78 is 6.02. The van der Waals surface area contributed by atoms with Crippen molar-refractivity contribution in [3.8, 4) is 11.5 Å². The number of phenols is 1. The Morgan fingerprint density at radius 2 is 2.27 bits per heavy atom. The van der Waals surface area contributed by atoms with Crippen molar-refractivity contribution in [3.63, 3.8) is 0 Å². The summed E-state index contributed by atoms with van der Waals surface area (Å²) in [6.07, 6.45) is 0. The Labute approximate surface area is 79.3 Å². The largest absolute Gasteiger partial charge is 0.507 e. The lowest BCUT2D eigenvalue weighted by Gasteiger charge is -2.05. The smallest absolute Gasteiger partial charge is 0.136 e. The van der Waals surface area contributed by atoms with E-state index >= 15 is 0 Å². The second-order valence-electron chi connectivity index (χ2n) is 2.02. The van der Waals surface area contributed by atoms with E-state index in [2.05, 4.69) is 22.6 Å². The number of hydrogen-bond donors (Lipinski definition) is 1. The molecular weight excluding hydrogens is 255 g/mol. The summed E-state index contributed by atoms with van der Waals surface area (Å²) >= 11 is 2.05. The predicted octanol–water partition coefficient (Wildman–Crippen LogP) is 2.40. The molecule has 0 radical (unpaired) electrons. The third kappa shape index (κ3) is 1.99. The molecule has 1 aromatic rings. The van der Waals surface area contributed by atoms with E-state index in [9.17, 15) is 5.11 Å². The topological polar surface area (TPSA) is 29.5 Å². The standard InChI is InChI=1S/C8H9IO2/c1-2-11-7-5-3-4-6(10)8(7)9/h3-5,10H,2H2,1H3. The Morgan fingerprint density at radius 1 is 1.55 bits per heavy atom. The number of aromatic hydroxyl groups is 1. The maximum atomic E-state index is 9.24. The molecule has 0 bridgehead atoms. The first-order chi connectivity index (χ1) is 5.25. The molecule has 0 spiro atoms. The summed E-state index contributed by atoms with van der Waals surface area (Å²) in [5.74, 6) is 1.02. The molecule has 2 nitrogen and oxygen atoms in total. The first-order valence-electron chi connectivity index (χ1n) is 3.36. The lowest BCUT2D eigenvalue weighted by Crippen LogP contribution is -1.93. The van der Waals surface area contributed by atoms with E-state index in [1.807, 2.05) is 13.0 Å². The van der Waals surface area contributed by atoms with Crippen molar-refractivity contribution in [2.75, 3.05) is 6.61 Å². The number of phenolic OH excluding ortho intramolecular Hbond substituents is 1. The van der Waals surface area contributed by atoms with Gasteiger partial charge in [-0.05, 0) is 41.6 Å². The Bertz CT molecular complexity index is 248. The quantitative estimate of drug-likeness (QED) is 0.831. The molecule has 1 N–H and O–H groups in total. The molecule has 0 heterocycles. The van der Waals surface area contributed by atoms with Crippen molar-refractivity contribution in [1.82, 2.24) is 0 Å². The van der Waals surface area contributed by atoms with Crippen LogP contribution in [-0.4, -0.2) is 11.7 Å². The number of ether oxygens (including phenoxy) is 1. The molecule has 0 saturated carbocycles. The van der Waals surface area contributed by atoms with Gasteiger partial charge in [-0.2, -0.15) is 0 Å². The first kappa shape index (κ1) is 8.64. The third-order valence-corrected chi connectivity index (χ3v) is 2.33. The van der Waals surface area contributed by atoms with E-state index in [1.165, 1.54) is 0 Å². The Hall–Kier alpha value is -0.450. The van der Waals surface area contributed by atoms with Crippen LogP contribution in [0.2, 0.25) is 0 Å². The molecule has 60 valence electrons. The van der Waals surface area contributed by atoms with Gasteiger partial charge in [0.05, 0.1) is 10.2 Å². The summed E-state index contributed by atoms with van der Waals surface area (Å²) in [6, 6.07) is 5.25. The number of benzene rings is 1. The van der Waals surface area contributed by atoms with Crippen molar-refractivity contribution in [2.24, 2.45) is 0 Å². The maximum absolute atomic E-state index is 9.24. The summed E-state index contributed by atoms with van der Waals surface area (Å²) in [5, 5.41) is 9.24. The molecule has 0 aromatic heterocycles. The molecule has 0 aliphatic carbocycles. The van der Waals surface area contributed by atoms with Crippen LogP contribution in [-0.2, 0) is 0 Å². The second-order valence-corrected chi connectivity index (χ2v) is 3.10. The average Bonchev–Trinajstić information content (AvgIpc) is 1.99. The van der Waals surface area contributed by atoms with Crippen LogP contribution in [0.15, 0.2) is 18.2 Å². The number of halogens is 1. The Morgan fingerprint density at radius 3 is 2.91 bits per heavy atom. The minimum Gasteiger partial charge on any atom is -0.507 e. The van der Waals surface area contributed by atoms with Gasteiger partial charge in [-0.3, -0.25) is 0 Å². The van der Waals surface area contributed by atoms with Gasteiger partial charge in [0, 0.05) is 0 Å². The molecule has 0 aliphatic heterocycles. The van der Waals surface area contributed by atoms with Crippen molar-refractivity contribution >= 4 is 22.6 Å². The maximum Gasteiger partial charge on any atom is 0.136 e. The summed E-state index contributed by atoms with van der Waals surface area (Å²) in [5.41, 5.74) is 0. The van der Waals surface area contributed by atoms with E-state index in [1.54, 1.807) is 12.1 Å². The highest BCUT2D eigenvalue weighted by molar-refractivity contribution is 14.1. The lowest BCUT2D eigenvalue weighted by atomic mass is 10.3. The van der Waals surface area contributed by atoms with Gasteiger partial charge >= 0.3 is 0 Å². The van der Waals surface area contributed by atoms with Crippen LogP contribution in [0.3, 0.4) is 0 Å². The lowest BCUT2D eigenvalue weighted by molar-refractivity contribution is 0.334. The molecule has 0 amide bonds. The Balaban J connectivity index is 2.96. The molecular formula is C8H9IO2. The molecule has 1 aromatic carbocycles. The molecule has 0 aliphatic rings. The van der Waals surface area contributed by atoms with Gasteiger partial charge in [0.2, 0.25) is 0 Å². The zero-order chi connectivity index (χ0) is 8.27. The van der Waals surface area contributed by atoms with Gasteiger partial charge in [-0.25, -0.2) is 0 Å². The van der Waals surface area contributed by atoms with Crippen LogP contribution in [0.5, 0.6) is 11.5 Å². The highest BCUT2D eigenvalue weighted by Gasteiger charge is 2.02. The first-order valence-corrected chi connectivity index (χ1v) is 4.44. The highest BCUT2D eigenvalue weighted by Crippen LogP contribution is 2.28. The second kappa shape index (κ2) is 3.80. The van der Waals surface area contributed by atoms with Gasteiger partial charge < -0.3 is 9.84 Å². The van der Waals surface area contributed by atoms with Crippen molar-refractivity contribution in [2.45, 2.75) is 6.92 Å². The fraction of sp³-hybridized carbons (Fsp3) is 0.250. The van der Waals surface area contributed by atoms with Gasteiger partial charge in [0.1, 0.15) is 11.5 Å². The summed E-state index contributed by atoms with van der Waals surface area (Å²) in [6.45, 7) is 2.54. The van der Waals surface area contributed by atoms with Crippen LogP contribution in [0.4, 0.5) is 0 Å². The van der Waals surface area contributed by atoms with E-state index in [0.717, 1.165) is 9.32 Å². The van der Waals surface area contributed by atoms with Gasteiger partial charge in [0.15, 0.2) is 0 Å². The average molecular weight is 264 g/mol. The minimum absolute atomic E-state index is 0.275. The van der Waals surface area contributed by atoms with Crippen LogP contribution in [0.1, 0.15) is 6.92 Å². The van der Waals surface area contributed by atoms with E-state index in [4.69, 9.17) is 4.74 Å². The van der Waals surface area contributed by atoms with Crippen LogP contribution >= 0.6 is 22.6 Å². The van der Waals surface area contributed by atoms with Crippen molar-refractivity contribution in [3.05, 3.63) is 21.8 Å². The SMILES string of the molecule is CCOc1cccc(O)c1I. The number of rotatable bonds is 2. The molecule has 0 saturated heterocycles. The number of hydrogen-bond acceptors (Lipinski definition) is 2. The van der Waals surface area contributed by atoms with E-state index in [-0.39, 0.29) is 5.75 Å². The molecule has 0 unspecified atom stereocenters. The molecule has 0 fully saturated rings. The van der Waals surface area contributed by atoms with Gasteiger partial charge in [-0.15, -0.1) is 0 Å². The molecule has 0 atom stereocenters. The van der Waals surface area contributed by atoms with Gasteiger partial charge in [0.25, 0.3) is 0 Å². The molecule has 1 rings (SSSR count). The third-order valence-electron chi connectivity index (χ3n) is 1.24. The van der Waals surface area contributed by atoms with Crippen LogP contribution in [0.25, 0.3) is 0 Å². The predicted molar refractivity (Wildman–Crippen MR) is 52.0 cm³/mol. The molecule has 3 heteroatoms. The summed E-state index contributed by atoms with van der Waals surface area (Å²) in [7, 11) is 0. The Kier molecular flexibility index (Phi) is 2.99. The monoisotopic (exact) mass is 264 g/mol. The van der Waals surface area contributed by atoms with Crippen molar-refractivity contribution in [1.29, 1.82) is 0 Å². The fourth-order valence-corrected chi connectivity index (χ4v) is 1.28. The molecule has 11 heavy (non-hydrogen) atoms. The zero-order valence-corrected chi connectivity index (χ0v) is 8.33. The van der Waals surface area contributed by atoms with Crippen LogP contribution in [0, 0.1) is 3.57 Å². The van der Waals surface area contributed by atoms with E-state index < -0.39 is 0 Å². The normalized spacial score (nSPS) is 9.64. The highest BCUT2D eigenvalue weighted by atomic mass is 127. The fourth-order valence-electron chi connectivity index (χ4n) is 0.766. The minimum atomic E-state index is 0.275.